The molecule has 2 aromatic rings. The van der Waals surface area contributed by atoms with Gasteiger partial charge in [-0.2, -0.15) is 0 Å². The van der Waals surface area contributed by atoms with Gasteiger partial charge in [-0.05, 0) is 24.3 Å². The summed E-state index contributed by atoms with van der Waals surface area (Å²) >= 11 is 0. The molecule has 0 saturated carbocycles. The standard InChI is InChI=1S/C11H9N3O3/c1-17-10-4-2-8(3-5-10)11-12-6-9(7-13-11)14(15)16/h2-7H,1H3. The zero-order valence-electron chi connectivity index (χ0n) is 9.03. The molecule has 0 radical (unpaired) electrons. The summed E-state index contributed by atoms with van der Waals surface area (Å²) in [6.07, 6.45) is 2.37. The fraction of sp³-hybridized carbons (Fsp3) is 0.0909. The SMILES string of the molecule is COc1ccc(-c2ncc([N+](=O)[O-])cn2)cc1. The molecule has 0 fully saturated rings. The normalized spacial score (nSPS) is 9.94. The van der Waals surface area contributed by atoms with E-state index < -0.39 is 4.92 Å². The monoisotopic (exact) mass is 231 g/mol. The van der Waals surface area contributed by atoms with E-state index in [1.54, 1.807) is 31.4 Å². The van der Waals surface area contributed by atoms with Gasteiger partial charge in [-0.3, -0.25) is 10.1 Å². The van der Waals surface area contributed by atoms with E-state index in [-0.39, 0.29) is 5.69 Å². The molecule has 0 aliphatic rings. The summed E-state index contributed by atoms with van der Waals surface area (Å²) in [5.74, 6) is 1.17. The number of nitrogens with zero attached hydrogens (tertiary/aromatic N) is 3. The molecular weight excluding hydrogens is 222 g/mol. The molecule has 1 heterocycles. The maximum absolute atomic E-state index is 10.4. The van der Waals surface area contributed by atoms with Gasteiger partial charge in [-0.1, -0.05) is 0 Å². The van der Waals surface area contributed by atoms with Crippen LogP contribution in [0.2, 0.25) is 0 Å². The Morgan fingerprint density at radius 1 is 1.18 bits per heavy atom. The van der Waals surface area contributed by atoms with E-state index in [0.717, 1.165) is 11.3 Å². The summed E-state index contributed by atoms with van der Waals surface area (Å²) in [5, 5.41) is 10.4. The molecule has 0 N–H and O–H groups in total. The number of nitro groups is 1. The molecule has 0 atom stereocenters. The first-order chi connectivity index (χ1) is 8.20. The minimum Gasteiger partial charge on any atom is -0.497 e. The Labute approximate surface area is 97.1 Å². The summed E-state index contributed by atoms with van der Waals surface area (Å²) in [6.45, 7) is 0. The van der Waals surface area contributed by atoms with Gasteiger partial charge >= 0.3 is 5.69 Å². The third-order valence-corrected chi connectivity index (χ3v) is 2.20. The summed E-state index contributed by atoms with van der Waals surface area (Å²) in [6, 6.07) is 7.14. The zero-order valence-corrected chi connectivity index (χ0v) is 9.03. The van der Waals surface area contributed by atoms with Gasteiger partial charge in [0.2, 0.25) is 0 Å². The first-order valence-electron chi connectivity index (χ1n) is 4.81. The van der Waals surface area contributed by atoms with Crippen molar-refractivity contribution in [2.24, 2.45) is 0 Å². The van der Waals surface area contributed by atoms with Gasteiger partial charge in [0.15, 0.2) is 5.82 Å². The van der Waals surface area contributed by atoms with Crippen LogP contribution in [-0.2, 0) is 0 Å². The van der Waals surface area contributed by atoms with Gasteiger partial charge in [0.25, 0.3) is 0 Å². The van der Waals surface area contributed by atoms with Crippen LogP contribution in [0.3, 0.4) is 0 Å². The fourth-order valence-electron chi connectivity index (χ4n) is 1.30. The Bertz CT molecular complexity index is 523. The maximum atomic E-state index is 10.4. The van der Waals surface area contributed by atoms with Gasteiger partial charge in [-0.25, -0.2) is 9.97 Å². The van der Waals surface area contributed by atoms with Crippen LogP contribution in [0.4, 0.5) is 5.69 Å². The first-order valence-corrected chi connectivity index (χ1v) is 4.81. The highest BCUT2D eigenvalue weighted by molar-refractivity contribution is 5.56. The van der Waals surface area contributed by atoms with Gasteiger partial charge in [0, 0.05) is 5.56 Å². The van der Waals surface area contributed by atoms with E-state index in [4.69, 9.17) is 4.74 Å². The number of ether oxygens (including phenoxy) is 1. The molecule has 0 unspecified atom stereocenters. The lowest BCUT2D eigenvalue weighted by atomic mass is 10.2. The van der Waals surface area contributed by atoms with Gasteiger partial charge in [-0.15, -0.1) is 0 Å². The Morgan fingerprint density at radius 2 is 1.76 bits per heavy atom. The van der Waals surface area contributed by atoms with Crippen LogP contribution in [0.1, 0.15) is 0 Å². The van der Waals surface area contributed by atoms with Gasteiger partial charge in [0.05, 0.1) is 12.0 Å². The molecular formula is C11H9N3O3. The van der Waals surface area contributed by atoms with Gasteiger partial charge < -0.3 is 4.74 Å². The molecule has 0 spiro atoms. The topological polar surface area (TPSA) is 78.2 Å². The highest BCUT2D eigenvalue weighted by atomic mass is 16.6. The van der Waals surface area contributed by atoms with E-state index in [0.29, 0.717) is 5.82 Å². The van der Waals surface area contributed by atoms with Crippen LogP contribution in [0.5, 0.6) is 5.75 Å². The Hall–Kier alpha value is -2.50. The molecule has 0 saturated heterocycles. The van der Waals surface area contributed by atoms with Crippen molar-refractivity contribution in [1.29, 1.82) is 0 Å². The second-order valence-electron chi connectivity index (χ2n) is 3.25. The van der Waals surface area contributed by atoms with E-state index in [2.05, 4.69) is 9.97 Å². The Kier molecular flexibility index (Phi) is 2.95. The minimum atomic E-state index is -0.530. The molecule has 86 valence electrons. The summed E-state index contributed by atoms with van der Waals surface area (Å²) < 4.78 is 5.03. The first kappa shape index (κ1) is 11.0. The van der Waals surface area contributed by atoms with Crippen molar-refractivity contribution in [3.63, 3.8) is 0 Å². The third kappa shape index (κ3) is 2.36. The number of hydrogen-bond donors (Lipinski definition) is 0. The van der Waals surface area contributed by atoms with Crippen molar-refractivity contribution in [2.45, 2.75) is 0 Å². The second-order valence-corrected chi connectivity index (χ2v) is 3.25. The molecule has 0 amide bonds. The molecule has 2 rings (SSSR count). The molecule has 1 aromatic carbocycles. The lowest BCUT2D eigenvalue weighted by Crippen LogP contribution is -1.93. The number of methoxy groups -OCH3 is 1. The van der Waals surface area contributed by atoms with Crippen molar-refractivity contribution < 1.29 is 9.66 Å². The highest BCUT2D eigenvalue weighted by Gasteiger charge is 2.07. The number of rotatable bonds is 3. The van der Waals surface area contributed by atoms with Crippen molar-refractivity contribution in [1.82, 2.24) is 9.97 Å². The van der Waals surface area contributed by atoms with Crippen LogP contribution < -0.4 is 4.74 Å². The van der Waals surface area contributed by atoms with Crippen molar-refractivity contribution in [2.75, 3.05) is 7.11 Å². The lowest BCUT2D eigenvalue weighted by molar-refractivity contribution is -0.385. The van der Waals surface area contributed by atoms with Crippen molar-refractivity contribution in [3.05, 3.63) is 46.8 Å². The van der Waals surface area contributed by atoms with E-state index in [1.165, 1.54) is 12.4 Å². The average Bonchev–Trinajstić information content (AvgIpc) is 2.39. The zero-order chi connectivity index (χ0) is 12.3. The Balaban J connectivity index is 2.29. The fourth-order valence-corrected chi connectivity index (χ4v) is 1.30. The van der Waals surface area contributed by atoms with E-state index in [9.17, 15) is 10.1 Å². The summed E-state index contributed by atoms with van der Waals surface area (Å²) in [7, 11) is 1.58. The van der Waals surface area contributed by atoms with Crippen LogP contribution in [-0.4, -0.2) is 22.0 Å². The number of benzene rings is 1. The number of hydrogen-bond acceptors (Lipinski definition) is 5. The molecule has 0 aliphatic heterocycles. The smallest absolute Gasteiger partial charge is 0.305 e. The quantitative estimate of drug-likeness (QED) is 0.596. The van der Waals surface area contributed by atoms with Crippen LogP contribution in [0.25, 0.3) is 11.4 Å². The summed E-state index contributed by atoms with van der Waals surface area (Å²) in [5.41, 5.74) is 0.656. The lowest BCUT2D eigenvalue weighted by Gasteiger charge is -2.01. The molecule has 17 heavy (non-hydrogen) atoms. The minimum absolute atomic E-state index is 0.123. The van der Waals surface area contributed by atoms with Crippen molar-refractivity contribution >= 4 is 5.69 Å². The van der Waals surface area contributed by atoms with Crippen LogP contribution in [0, 0.1) is 10.1 Å². The molecule has 1 aromatic heterocycles. The predicted octanol–water partition coefficient (Wildman–Crippen LogP) is 2.06. The molecule has 6 nitrogen and oxygen atoms in total. The van der Waals surface area contributed by atoms with E-state index >= 15 is 0 Å². The van der Waals surface area contributed by atoms with E-state index in [1.807, 2.05) is 0 Å². The number of aromatic nitrogens is 2. The molecule has 0 aliphatic carbocycles. The Morgan fingerprint density at radius 3 is 2.24 bits per heavy atom. The van der Waals surface area contributed by atoms with Gasteiger partial charge in [0.1, 0.15) is 18.1 Å². The average molecular weight is 231 g/mol. The molecule has 0 bridgehead atoms. The summed E-state index contributed by atoms with van der Waals surface area (Å²) in [4.78, 5) is 17.8. The second kappa shape index (κ2) is 4.56. The van der Waals surface area contributed by atoms with Crippen molar-refractivity contribution in [3.8, 4) is 17.1 Å². The van der Waals surface area contributed by atoms with Crippen LogP contribution in [0.15, 0.2) is 36.7 Å². The largest absolute Gasteiger partial charge is 0.497 e. The highest BCUT2D eigenvalue weighted by Crippen LogP contribution is 2.19. The predicted molar refractivity (Wildman–Crippen MR) is 60.7 cm³/mol. The maximum Gasteiger partial charge on any atom is 0.305 e. The van der Waals surface area contributed by atoms with Crippen LogP contribution >= 0.6 is 0 Å². The molecule has 6 heteroatoms. The third-order valence-electron chi connectivity index (χ3n) is 2.20.